The largest absolute Gasteiger partial charge is 0.417 e. The number of amides is 2. The zero-order chi connectivity index (χ0) is 23.6. The van der Waals surface area contributed by atoms with Gasteiger partial charge in [0.1, 0.15) is 5.82 Å². The Labute approximate surface area is 187 Å². The van der Waals surface area contributed by atoms with Crippen LogP contribution in [-0.4, -0.2) is 59.6 Å². The van der Waals surface area contributed by atoms with Crippen molar-refractivity contribution in [2.45, 2.75) is 25.4 Å². The van der Waals surface area contributed by atoms with Crippen LogP contribution >= 0.6 is 0 Å². The summed E-state index contributed by atoms with van der Waals surface area (Å²) in [5, 5.41) is 10.9. The minimum Gasteiger partial charge on any atom is -0.352 e. The summed E-state index contributed by atoms with van der Waals surface area (Å²) in [5.74, 6) is -0.855. The topological polar surface area (TPSA) is 78.4 Å². The van der Waals surface area contributed by atoms with E-state index in [0.717, 1.165) is 6.42 Å². The van der Waals surface area contributed by atoms with E-state index >= 15 is 0 Å². The van der Waals surface area contributed by atoms with Crippen LogP contribution in [0.4, 0.5) is 23.4 Å². The molecule has 0 radical (unpaired) electrons. The fraction of sp³-hybridized carbons (Fsp3) is 0.455. The Morgan fingerprint density at radius 3 is 2.36 bits per heavy atom. The standard InChI is InChI=1S/C22H23F4N5O2/c23-15-3-4-17(22(24,25)26)16(13-15)21(33)31-11-9-30(10-12-31)19-6-5-18(28-29-19)20(32)27-8-7-14-1-2-14/h3-6,13-14H,1-2,7-12H2,(H,27,32). The van der Waals surface area contributed by atoms with Gasteiger partial charge in [0.15, 0.2) is 11.5 Å². The monoisotopic (exact) mass is 465 g/mol. The molecule has 1 aliphatic carbocycles. The summed E-state index contributed by atoms with van der Waals surface area (Å²) in [6.45, 7) is 1.49. The first kappa shape index (κ1) is 22.9. The molecule has 1 aromatic heterocycles. The number of rotatable bonds is 6. The maximum Gasteiger partial charge on any atom is 0.417 e. The van der Waals surface area contributed by atoms with Crippen molar-refractivity contribution in [2.24, 2.45) is 5.92 Å². The van der Waals surface area contributed by atoms with Crippen LogP contribution in [0, 0.1) is 11.7 Å². The van der Waals surface area contributed by atoms with Gasteiger partial charge in [-0.1, -0.05) is 12.8 Å². The number of carbonyl (C=O) groups excluding carboxylic acids is 2. The highest BCUT2D eigenvalue weighted by Gasteiger charge is 2.37. The molecule has 2 aliphatic rings. The number of hydrogen-bond donors (Lipinski definition) is 1. The van der Waals surface area contributed by atoms with Gasteiger partial charge in [0.2, 0.25) is 0 Å². The number of aromatic nitrogens is 2. The molecule has 0 bridgehead atoms. The van der Waals surface area contributed by atoms with Gasteiger partial charge in [-0.3, -0.25) is 9.59 Å². The molecule has 1 N–H and O–H groups in total. The van der Waals surface area contributed by atoms with Gasteiger partial charge in [0.25, 0.3) is 11.8 Å². The van der Waals surface area contributed by atoms with Gasteiger partial charge in [-0.25, -0.2) is 4.39 Å². The Morgan fingerprint density at radius 2 is 1.76 bits per heavy atom. The third-order valence-electron chi connectivity index (χ3n) is 5.83. The second-order valence-corrected chi connectivity index (χ2v) is 8.23. The normalized spacial score (nSPS) is 16.6. The van der Waals surface area contributed by atoms with Crippen LogP contribution in [0.2, 0.25) is 0 Å². The molecule has 0 unspecified atom stereocenters. The molecule has 7 nitrogen and oxygen atoms in total. The third-order valence-corrected chi connectivity index (χ3v) is 5.83. The number of nitrogens with one attached hydrogen (secondary N) is 1. The van der Waals surface area contributed by atoms with Crippen molar-refractivity contribution in [1.82, 2.24) is 20.4 Å². The molecule has 1 aromatic carbocycles. The number of piperazine rings is 1. The summed E-state index contributed by atoms with van der Waals surface area (Å²) in [6, 6.07) is 5.10. The predicted molar refractivity (Wildman–Crippen MR) is 111 cm³/mol. The second-order valence-electron chi connectivity index (χ2n) is 8.23. The zero-order valence-electron chi connectivity index (χ0n) is 17.7. The molecule has 1 aliphatic heterocycles. The van der Waals surface area contributed by atoms with Crippen molar-refractivity contribution in [3.8, 4) is 0 Å². The number of benzene rings is 1. The minimum absolute atomic E-state index is 0.137. The van der Waals surface area contributed by atoms with E-state index in [1.54, 1.807) is 12.1 Å². The lowest BCUT2D eigenvalue weighted by molar-refractivity contribution is -0.138. The molecule has 11 heteroatoms. The van der Waals surface area contributed by atoms with E-state index in [0.29, 0.717) is 49.6 Å². The molecule has 2 heterocycles. The predicted octanol–water partition coefficient (Wildman–Crippen LogP) is 3.13. The highest BCUT2D eigenvalue weighted by Crippen LogP contribution is 2.33. The van der Waals surface area contributed by atoms with Crippen LogP contribution in [0.5, 0.6) is 0 Å². The van der Waals surface area contributed by atoms with Crippen LogP contribution in [-0.2, 0) is 6.18 Å². The summed E-state index contributed by atoms with van der Waals surface area (Å²) >= 11 is 0. The van der Waals surface area contributed by atoms with Crippen molar-refractivity contribution < 1.29 is 27.2 Å². The van der Waals surface area contributed by atoms with E-state index in [4.69, 9.17) is 0 Å². The van der Waals surface area contributed by atoms with E-state index in [-0.39, 0.29) is 24.7 Å². The Hall–Kier alpha value is -3.24. The van der Waals surface area contributed by atoms with Crippen LogP contribution < -0.4 is 10.2 Å². The van der Waals surface area contributed by atoms with Crippen LogP contribution in [0.25, 0.3) is 0 Å². The molecule has 1 saturated heterocycles. The van der Waals surface area contributed by atoms with Gasteiger partial charge in [-0.05, 0) is 42.7 Å². The van der Waals surface area contributed by atoms with Crippen LogP contribution in [0.15, 0.2) is 30.3 Å². The fourth-order valence-electron chi connectivity index (χ4n) is 3.75. The smallest absolute Gasteiger partial charge is 0.352 e. The third kappa shape index (κ3) is 5.58. The summed E-state index contributed by atoms with van der Waals surface area (Å²) < 4.78 is 53.3. The van der Waals surface area contributed by atoms with Gasteiger partial charge in [0, 0.05) is 32.7 Å². The average molecular weight is 465 g/mol. The molecule has 0 atom stereocenters. The highest BCUT2D eigenvalue weighted by atomic mass is 19.4. The van der Waals surface area contributed by atoms with E-state index in [2.05, 4.69) is 15.5 Å². The Morgan fingerprint density at radius 1 is 1.03 bits per heavy atom. The molecule has 33 heavy (non-hydrogen) atoms. The first-order valence-corrected chi connectivity index (χ1v) is 10.8. The van der Waals surface area contributed by atoms with Gasteiger partial charge in [0.05, 0.1) is 11.1 Å². The Kier molecular flexibility index (Phi) is 6.48. The number of halogens is 4. The summed E-state index contributed by atoms with van der Waals surface area (Å²) in [6.07, 6.45) is -1.37. The van der Waals surface area contributed by atoms with E-state index in [1.807, 2.05) is 4.90 Å². The second kappa shape index (κ2) is 9.32. The minimum atomic E-state index is -4.76. The van der Waals surface area contributed by atoms with Gasteiger partial charge in [-0.2, -0.15) is 13.2 Å². The lowest BCUT2D eigenvalue weighted by atomic mass is 10.0. The van der Waals surface area contributed by atoms with Crippen molar-refractivity contribution in [1.29, 1.82) is 0 Å². The first-order valence-electron chi connectivity index (χ1n) is 10.8. The maximum atomic E-state index is 13.6. The van der Waals surface area contributed by atoms with Gasteiger partial charge in [-0.15, -0.1) is 10.2 Å². The van der Waals surface area contributed by atoms with Crippen LogP contribution in [0.3, 0.4) is 0 Å². The number of carbonyl (C=O) groups is 2. The molecule has 176 valence electrons. The molecule has 2 amide bonds. The molecule has 2 fully saturated rings. The average Bonchev–Trinajstić information content (AvgIpc) is 3.62. The Balaban J connectivity index is 1.34. The molecule has 4 rings (SSSR count). The zero-order valence-corrected chi connectivity index (χ0v) is 17.7. The summed E-state index contributed by atoms with van der Waals surface area (Å²) in [4.78, 5) is 27.9. The lowest BCUT2D eigenvalue weighted by Gasteiger charge is -2.35. The molecule has 2 aromatic rings. The number of anilines is 1. The molecule has 1 saturated carbocycles. The van der Waals surface area contributed by atoms with Crippen molar-refractivity contribution in [3.05, 3.63) is 53.0 Å². The van der Waals surface area contributed by atoms with E-state index in [9.17, 15) is 27.2 Å². The van der Waals surface area contributed by atoms with E-state index < -0.39 is 29.0 Å². The number of nitrogens with zero attached hydrogens (tertiary/aromatic N) is 4. The van der Waals surface area contributed by atoms with Crippen molar-refractivity contribution >= 4 is 17.6 Å². The van der Waals surface area contributed by atoms with Crippen molar-refractivity contribution in [2.75, 3.05) is 37.6 Å². The highest BCUT2D eigenvalue weighted by molar-refractivity contribution is 5.96. The first-order chi connectivity index (χ1) is 15.7. The number of hydrogen-bond acceptors (Lipinski definition) is 5. The van der Waals surface area contributed by atoms with E-state index in [1.165, 1.54) is 17.7 Å². The maximum absolute atomic E-state index is 13.6. The summed E-state index contributed by atoms with van der Waals surface area (Å²) in [7, 11) is 0. The Bertz CT molecular complexity index is 1020. The number of alkyl halides is 3. The van der Waals surface area contributed by atoms with Crippen LogP contribution in [0.1, 0.15) is 45.7 Å². The van der Waals surface area contributed by atoms with Gasteiger partial charge >= 0.3 is 6.18 Å². The summed E-state index contributed by atoms with van der Waals surface area (Å²) in [5.41, 5.74) is -1.66. The molecular formula is C22H23F4N5O2. The van der Waals surface area contributed by atoms with Crippen molar-refractivity contribution in [3.63, 3.8) is 0 Å². The quantitative estimate of drug-likeness (QED) is 0.664. The fourth-order valence-corrected chi connectivity index (χ4v) is 3.75. The molecule has 0 spiro atoms. The van der Waals surface area contributed by atoms with Gasteiger partial charge < -0.3 is 15.1 Å². The SMILES string of the molecule is O=C(NCCC1CC1)c1ccc(N2CCN(C(=O)c3cc(F)ccc3C(F)(F)F)CC2)nn1. The lowest BCUT2D eigenvalue weighted by Crippen LogP contribution is -2.49. The molecular weight excluding hydrogens is 442 g/mol.